The molecule has 104 valence electrons. The summed E-state index contributed by atoms with van der Waals surface area (Å²) in [6.07, 6.45) is 6.24. The number of nitrogens with two attached hydrogens (primary N) is 1. The zero-order valence-corrected chi connectivity index (χ0v) is 12.6. The summed E-state index contributed by atoms with van der Waals surface area (Å²) in [7, 11) is 0. The zero-order valence-electron chi connectivity index (χ0n) is 11.0. The largest absolute Gasteiger partial charge is 0.396 e. The van der Waals surface area contributed by atoms with Crippen LogP contribution in [0, 0.1) is 5.92 Å². The molecule has 1 heterocycles. The van der Waals surface area contributed by atoms with Crippen LogP contribution in [0.4, 0.5) is 10.7 Å². The first kappa shape index (κ1) is 14.3. The molecule has 0 atom stereocenters. The second-order valence-electron chi connectivity index (χ2n) is 4.53. The van der Waals surface area contributed by atoms with E-state index in [-0.39, 0.29) is 5.91 Å². The number of hydrogen-bond acceptors (Lipinski definition) is 5. The Labute approximate surface area is 121 Å². The minimum atomic E-state index is -0.128. The lowest BCUT2D eigenvalue weighted by Gasteiger charge is -2.04. The van der Waals surface area contributed by atoms with Crippen molar-refractivity contribution in [1.82, 2.24) is 5.32 Å². The van der Waals surface area contributed by atoms with E-state index in [4.69, 9.17) is 5.73 Å². The van der Waals surface area contributed by atoms with Gasteiger partial charge in [-0.05, 0) is 25.0 Å². The van der Waals surface area contributed by atoms with E-state index < -0.39 is 0 Å². The smallest absolute Gasteiger partial charge is 0.263 e. The number of thiophene rings is 1. The van der Waals surface area contributed by atoms with Gasteiger partial charge in [0.25, 0.3) is 5.91 Å². The highest BCUT2D eigenvalue weighted by atomic mass is 32.2. The molecule has 6 heteroatoms. The van der Waals surface area contributed by atoms with E-state index >= 15 is 0 Å². The number of rotatable bonds is 7. The van der Waals surface area contributed by atoms with Gasteiger partial charge in [0, 0.05) is 13.1 Å². The van der Waals surface area contributed by atoms with Crippen molar-refractivity contribution in [2.24, 2.45) is 5.92 Å². The molecule has 1 aliphatic carbocycles. The summed E-state index contributed by atoms with van der Waals surface area (Å²) in [5.41, 5.74) is 6.65. The summed E-state index contributed by atoms with van der Waals surface area (Å²) >= 11 is 3.01. The molecule has 4 N–H and O–H groups in total. The number of anilines is 2. The Morgan fingerprint density at radius 1 is 1.63 bits per heavy atom. The van der Waals surface area contributed by atoms with Crippen molar-refractivity contribution in [3.05, 3.63) is 17.5 Å². The molecule has 0 aliphatic heterocycles. The molecule has 0 saturated heterocycles. The fraction of sp³-hybridized carbons (Fsp3) is 0.462. The predicted octanol–water partition coefficient (Wildman–Crippen LogP) is 2.79. The van der Waals surface area contributed by atoms with E-state index in [1.54, 1.807) is 17.8 Å². The third-order valence-electron chi connectivity index (χ3n) is 2.97. The summed E-state index contributed by atoms with van der Waals surface area (Å²) in [6, 6.07) is 0. The minimum Gasteiger partial charge on any atom is -0.396 e. The molecule has 19 heavy (non-hydrogen) atoms. The van der Waals surface area contributed by atoms with Crippen LogP contribution in [0.2, 0.25) is 0 Å². The number of hydrogen-bond donors (Lipinski definition) is 3. The van der Waals surface area contributed by atoms with Gasteiger partial charge in [-0.1, -0.05) is 6.08 Å². The van der Waals surface area contributed by atoms with Gasteiger partial charge in [0.05, 0.1) is 10.6 Å². The van der Waals surface area contributed by atoms with Crippen molar-refractivity contribution in [2.75, 3.05) is 30.4 Å². The van der Waals surface area contributed by atoms with Gasteiger partial charge in [0.2, 0.25) is 0 Å². The lowest BCUT2D eigenvalue weighted by atomic mass is 10.3. The Kier molecular flexibility index (Phi) is 4.76. The first-order chi connectivity index (χ1) is 9.17. The van der Waals surface area contributed by atoms with Gasteiger partial charge in [-0.25, -0.2) is 0 Å². The number of nitrogens with one attached hydrogen (secondary N) is 2. The number of thioether (sulfide) groups is 1. The molecule has 1 aromatic rings. The first-order valence-corrected chi connectivity index (χ1v) is 8.30. The number of carbonyl (C=O) groups is 1. The fourth-order valence-electron chi connectivity index (χ4n) is 1.72. The maximum atomic E-state index is 12.0. The lowest BCUT2D eigenvalue weighted by Crippen LogP contribution is -2.23. The van der Waals surface area contributed by atoms with Crippen LogP contribution in [0.15, 0.2) is 17.6 Å². The van der Waals surface area contributed by atoms with Gasteiger partial charge in [-0.3, -0.25) is 4.79 Å². The molecule has 0 bridgehead atoms. The highest BCUT2D eigenvalue weighted by Gasteiger charge is 2.24. The Bertz CT molecular complexity index is 480. The van der Waals surface area contributed by atoms with Gasteiger partial charge in [-0.2, -0.15) is 0 Å². The van der Waals surface area contributed by atoms with Crippen LogP contribution >= 0.6 is 23.1 Å². The van der Waals surface area contributed by atoms with Crippen LogP contribution in [0.25, 0.3) is 0 Å². The maximum absolute atomic E-state index is 12.0. The van der Waals surface area contributed by atoms with Crippen molar-refractivity contribution in [3.8, 4) is 0 Å². The molecule has 0 radical (unpaired) electrons. The summed E-state index contributed by atoms with van der Waals surface area (Å²) in [5.74, 6) is 0.660. The average molecular weight is 297 g/mol. The van der Waals surface area contributed by atoms with Crippen molar-refractivity contribution in [3.63, 3.8) is 0 Å². The second-order valence-corrected chi connectivity index (χ2v) is 6.37. The van der Waals surface area contributed by atoms with Gasteiger partial charge in [-0.15, -0.1) is 29.7 Å². The molecule has 4 nitrogen and oxygen atoms in total. The Morgan fingerprint density at radius 3 is 2.95 bits per heavy atom. The molecule has 1 aromatic heterocycles. The van der Waals surface area contributed by atoms with Crippen LogP contribution < -0.4 is 16.4 Å². The molecule has 2 rings (SSSR count). The molecule has 1 aliphatic rings. The normalized spacial score (nSPS) is 14.2. The van der Waals surface area contributed by atoms with Crippen LogP contribution in [-0.4, -0.2) is 25.3 Å². The summed E-state index contributed by atoms with van der Waals surface area (Å²) in [6.45, 7) is 5.01. The Morgan fingerprint density at radius 2 is 2.37 bits per heavy atom. The predicted molar refractivity (Wildman–Crippen MR) is 84.3 cm³/mol. The van der Waals surface area contributed by atoms with Crippen LogP contribution in [0.1, 0.15) is 22.5 Å². The summed E-state index contributed by atoms with van der Waals surface area (Å²) < 4.78 is 0. The second kappa shape index (κ2) is 6.34. The molecular formula is C13H19N3OS2. The van der Waals surface area contributed by atoms with Gasteiger partial charge in [0.1, 0.15) is 9.88 Å². The van der Waals surface area contributed by atoms with Crippen molar-refractivity contribution >= 4 is 39.7 Å². The molecule has 1 amide bonds. The zero-order chi connectivity index (χ0) is 13.8. The van der Waals surface area contributed by atoms with E-state index in [1.165, 1.54) is 24.2 Å². The summed E-state index contributed by atoms with van der Waals surface area (Å²) in [4.78, 5) is 13.6. The number of carbonyl (C=O) groups excluding carboxylic acids is 1. The lowest BCUT2D eigenvalue weighted by molar-refractivity contribution is 0.0963. The maximum Gasteiger partial charge on any atom is 0.263 e. The minimum absolute atomic E-state index is 0.128. The third kappa shape index (κ3) is 3.45. The van der Waals surface area contributed by atoms with Gasteiger partial charge >= 0.3 is 0 Å². The standard InChI is InChI=1S/C13H19N3OS2/c1-3-6-15-12(17)10-9(14)11(18-2)13(19-10)16-7-8-4-5-8/h3,8,16H,1,4-7,14H2,2H3,(H,15,17). The van der Waals surface area contributed by atoms with Crippen LogP contribution in [0.3, 0.4) is 0 Å². The van der Waals surface area contributed by atoms with Crippen LogP contribution in [0.5, 0.6) is 0 Å². The Balaban J connectivity index is 2.13. The van der Waals surface area contributed by atoms with E-state index in [0.717, 1.165) is 22.4 Å². The van der Waals surface area contributed by atoms with Crippen molar-refractivity contribution in [1.29, 1.82) is 0 Å². The van der Waals surface area contributed by atoms with E-state index in [2.05, 4.69) is 17.2 Å². The quantitative estimate of drug-likeness (QED) is 0.535. The van der Waals surface area contributed by atoms with E-state index in [1.807, 2.05) is 6.26 Å². The molecule has 0 unspecified atom stereocenters. The number of nitrogen functional groups attached to an aromatic ring is 1. The fourth-order valence-corrected chi connectivity index (χ4v) is 3.68. The van der Waals surface area contributed by atoms with Crippen molar-refractivity contribution in [2.45, 2.75) is 17.7 Å². The summed E-state index contributed by atoms with van der Waals surface area (Å²) in [5, 5.41) is 7.20. The molecule has 1 saturated carbocycles. The number of amides is 1. The highest BCUT2D eigenvalue weighted by molar-refractivity contribution is 7.99. The topological polar surface area (TPSA) is 67.2 Å². The Hall–Kier alpha value is -1.14. The third-order valence-corrected chi connectivity index (χ3v) is 5.09. The van der Waals surface area contributed by atoms with Gasteiger partial charge < -0.3 is 16.4 Å². The van der Waals surface area contributed by atoms with E-state index in [0.29, 0.717) is 17.1 Å². The highest BCUT2D eigenvalue weighted by Crippen LogP contribution is 2.42. The molecule has 0 aromatic carbocycles. The molecule has 1 fully saturated rings. The molecular weight excluding hydrogens is 278 g/mol. The molecule has 0 spiro atoms. The SMILES string of the molecule is C=CCNC(=O)c1sc(NCC2CC2)c(SC)c1N. The average Bonchev–Trinajstić information content (AvgIpc) is 3.17. The van der Waals surface area contributed by atoms with Gasteiger partial charge in [0.15, 0.2) is 0 Å². The van der Waals surface area contributed by atoms with Crippen molar-refractivity contribution < 1.29 is 4.79 Å². The van der Waals surface area contributed by atoms with Crippen LogP contribution in [-0.2, 0) is 0 Å². The monoisotopic (exact) mass is 297 g/mol. The van der Waals surface area contributed by atoms with E-state index in [9.17, 15) is 4.79 Å². The first-order valence-electron chi connectivity index (χ1n) is 6.26.